The highest BCUT2D eigenvalue weighted by molar-refractivity contribution is 7.99. The number of hydrogen-bond acceptors (Lipinski definition) is 5. The van der Waals surface area contributed by atoms with Gasteiger partial charge >= 0.3 is 6.18 Å². The van der Waals surface area contributed by atoms with E-state index in [0.29, 0.717) is 21.8 Å². The molecule has 0 aliphatic rings. The van der Waals surface area contributed by atoms with Crippen molar-refractivity contribution in [1.29, 1.82) is 0 Å². The monoisotopic (exact) mass is 456 g/mol. The van der Waals surface area contributed by atoms with Crippen LogP contribution in [0.5, 0.6) is 5.75 Å². The topological polar surface area (TPSA) is 69.0 Å². The molecule has 1 aromatic heterocycles. The number of rotatable bonds is 7. The Kier molecular flexibility index (Phi) is 6.88. The van der Waals surface area contributed by atoms with Crippen LogP contribution in [-0.4, -0.2) is 26.4 Å². The number of para-hydroxylation sites is 1. The minimum absolute atomic E-state index is 0.0123. The van der Waals surface area contributed by atoms with E-state index in [0.717, 1.165) is 23.9 Å². The molecule has 3 aromatic rings. The maximum Gasteiger partial charge on any atom is 0.416 e. The van der Waals surface area contributed by atoms with Gasteiger partial charge in [-0.05, 0) is 36.4 Å². The fourth-order valence-electron chi connectivity index (χ4n) is 2.37. The summed E-state index contributed by atoms with van der Waals surface area (Å²) in [5, 5.41) is 11.6. The molecule has 3 rings (SSSR count). The van der Waals surface area contributed by atoms with Crippen LogP contribution in [0.1, 0.15) is 11.4 Å². The van der Waals surface area contributed by atoms with Crippen LogP contribution in [0.4, 0.5) is 18.9 Å². The van der Waals surface area contributed by atoms with E-state index < -0.39 is 11.7 Å². The molecule has 0 unspecified atom stereocenters. The number of carbonyl (C=O) groups is 1. The van der Waals surface area contributed by atoms with Crippen LogP contribution < -0.4 is 10.1 Å². The molecule has 11 heteroatoms. The van der Waals surface area contributed by atoms with Gasteiger partial charge in [0.25, 0.3) is 0 Å². The summed E-state index contributed by atoms with van der Waals surface area (Å²) in [6, 6.07) is 11.3. The van der Waals surface area contributed by atoms with E-state index >= 15 is 0 Å². The number of ether oxygens (including phenoxy) is 1. The Hall–Kier alpha value is -2.72. The molecule has 1 heterocycles. The summed E-state index contributed by atoms with van der Waals surface area (Å²) in [6.07, 6.45) is -4.42. The molecular weight excluding hydrogens is 441 g/mol. The second kappa shape index (κ2) is 9.40. The number of amides is 1. The van der Waals surface area contributed by atoms with E-state index in [1.807, 2.05) is 0 Å². The fourth-order valence-corrected chi connectivity index (χ4v) is 3.29. The standard InChI is InChI=1S/C19H16ClF3N4O2S/c1-27-16(10-29-15-5-3-2-4-14(15)20)25-26-18(27)30-11-17(28)24-13-8-6-12(7-9-13)19(21,22)23/h2-9H,10-11H2,1H3,(H,24,28). The SMILES string of the molecule is Cn1c(COc2ccccc2Cl)nnc1SCC(=O)Nc1ccc(C(F)(F)F)cc1. The summed E-state index contributed by atoms with van der Waals surface area (Å²) in [4.78, 5) is 12.1. The van der Waals surface area contributed by atoms with E-state index in [4.69, 9.17) is 16.3 Å². The van der Waals surface area contributed by atoms with Crippen molar-refractivity contribution < 1.29 is 22.7 Å². The van der Waals surface area contributed by atoms with Crippen LogP contribution in [0.3, 0.4) is 0 Å². The van der Waals surface area contributed by atoms with Gasteiger partial charge in [-0.15, -0.1) is 10.2 Å². The first-order valence-corrected chi connectivity index (χ1v) is 9.96. The minimum atomic E-state index is -4.42. The third-order valence-electron chi connectivity index (χ3n) is 3.95. The number of nitrogens with one attached hydrogen (secondary N) is 1. The molecule has 30 heavy (non-hydrogen) atoms. The number of anilines is 1. The molecular formula is C19H16ClF3N4O2S. The molecule has 1 N–H and O–H groups in total. The summed E-state index contributed by atoms with van der Waals surface area (Å²) in [5.41, 5.74) is -0.499. The molecule has 1 amide bonds. The number of aromatic nitrogens is 3. The molecule has 158 valence electrons. The van der Waals surface area contributed by atoms with Crippen LogP contribution in [0.25, 0.3) is 0 Å². The van der Waals surface area contributed by atoms with Crippen molar-refractivity contribution in [2.24, 2.45) is 7.05 Å². The Morgan fingerprint density at radius 1 is 1.17 bits per heavy atom. The zero-order chi connectivity index (χ0) is 21.7. The molecule has 0 aliphatic carbocycles. The summed E-state index contributed by atoms with van der Waals surface area (Å²) in [6.45, 7) is 0.144. The molecule has 6 nitrogen and oxygen atoms in total. The van der Waals surface area contributed by atoms with Gasteiger partial charge in [-0.25, -0.2) is 0 Å². The van der Waals surface area contributed by atoms with Crippen LogP contribution in [0, 0.1) is 0 Å². The molecule has 0 saturated heterocycles. The lowest BCUT2D eigenvalue weighted by Crippen LogP contribution is -2.15. The largest absolute Gasteiger partial charge is 0.484 e. The minimum Gasteiger partial charge on any atom is -0.484 e. The van der Waals surface area contributed by atoms with Gasteiger partial charge < -0.3 is 14.6 Å². The summed E-state index contributed by atoms with van der Waals surface area (Å²) >= 11 is 7.19. The van der Waals surface area contributed by atoms with Gasteiger partial charge in [0.2, 0.25) is 5.91 Å². The van der Waals surface area contributed by atoms with E-state index in [9.17, 15) is 18.0 Å². The highest BCUT2D eigenvalue weighted by atomic mass is 35.5. The van der Waals surface area contributed by atoms with E-state index in [1.165, 1.54) is 12.1 Å². The molecule has 0 fully saturated rings. The van der Waals surface area contributed by atoms with Crippen molar-refractivity contribution in [1.82, 2.24) is 14.8 Å². The summed E-state index contributed by atoms with van der Waals surface area (Å²) in [7, 11) is 1.74. The Bertz CT molecular complexity index is 1030. The maximum absolute atomic E-state index is 12.6. The van der Waals surface area contributed by atoms with Gasteiger partial charge in [-0.1, -0.05) is 35.5 Å². The predicted molar refractivity (Wildman–Crippen MR) is 108 cm³/mol. The van der Waals surface area contributed by atoms with Gasteiger partial charge in [-0.2, -0.15) is 13.2 Å². The van der Waals surface area contributed by atoms with Crippen LogP contribution in [0.15, 0.2) is 53.7 Å². The summed E-state index contributed by atoms with van der Waals surface area (Å²) in [5.74, 6) is 0.697. The van der Waals surface area contributed by atoms with Gasteiger partial charge in [0, 0.05) is 12.7 Å². The van der Waals surface area contributed by atoms with Gasteiger partial charge in [0.15, 0.2) is 11.0 Å². The first-order valence-electron chi connectivity index (χ1n) is 8.59. The third kappa shape index (κ3) is 5.67. The molecule has 2 aromatic carbocycles. The number of nitrogens with zero attached hydrogens (tertiary/aromatic N) is 3. The van der Waals surface area contributed by atoms with Gasteiger partial charge in [-0.3, -0.25) is 4.79 Å². The Morgan fingerprint density at radius 2 is 1.87 bits per heavy atom. The Morgan fingerprint density at radius 3 is 2.53 bits per heavy atom. The Balaban J connectivity index is 1.52. The number of carbonyl (C=O) groups excluding carboxylic acids is 1. The number of alkyl halides is 3. The second-order valence-electron chi connectivity index (χ2n) is 6.09. The average molecular weight is 457 g/mol. The van der Waals surface area contributed by atoms with Crippen molar-refractivity contribution in [2.45, 2.75) is 17.9 Å². The zero-order valence-corrected chi connectivity index (χ0v) is 17.2. The lowest BCUT2D eigenvalue weighted by molar-refractivity contribution is -0.137. The quantitative estimate of drug-likeness (QED) is 0.517. The van der Waals surface area contributed by atoms with Crippen LogP contribution in [-0.2, 0) is 24.6 Å². The first kappa shape index (κ1) is 22.0. The Labute approximate surface area is 179 Å². The normalized spacial score (nSPS) is 11.4. The first-order chi connectivity index (χ1) is 14.2. The maximum atomic E-state index is 12.6. The van der Waals surface area contributed by atoms with E-state index in [1.54, 1.807) is 35.9 Å². The molecule has 0 spiro atoms. The number of thioether (sulfide) groups is 1. The van der Waals surface area contributed by atoms with Crippen LogP contribution >= 0.6 is 23.4 Å². The third-order valence-corrected chi connectivity index (χ3v) is 5.28. The van der Waals surface area contributed by atoms with Crippen molar-refractivity contribution in [2.75, 3.05) is 11.1 Å². The molecule has 0 saturated carbocycles. The number of benzene rings is 2. The predicted octanol–water partition coefficient (Wildman–Crippen LogP) is 4.80. The summed E-state index contributed by atoms with van der Waals surface area (Å²) < 4.78 is 45.1. The average Bonchev–Trinajstić information content (AvgIpc) is 3.05. The molecule has 0 aliphatic heterocycles. The lowest BCUT2D eigenvalue weighted by Gasteiger charge is -2.09. The number of halogens is 4. The molecule has 0 radical (unpaired) electrons. The lowest BCUT2D eigenvalue weighted by atomic mass is 10.2. The van der Waals surface area contributed by atoms with Gasteiger partial charge in [0.1, 0.15) is 12.4 Å². The van der Waals surface area contributed by atoms with E-state index in [-0.39, 0.29) is 24.0 Å². The van der Waals surface area contributed by atoms with Crippen molar-refractivity contribution in [3.8, 4) is 5.75 Å². The van der Waals surface area contributed by atoms with Crippen LogP contribution in [0.2, 0.25) is 5.02 Å². The highest BCUT2D eigenvalue weighted by Gasteiger charge is 2.30. The fraction of sp³-hybridized carbons (Fsp3) is 0.211. The second-order valence-corrected chi connectivity index (χ2v) is 7.44. The van der Waals surface area contributed by atoms with Gasteiger partial charge in [0.05, 0.1) is 16.3 Å². The number of hydrogen-bond donors (Lipinski definition) is 1. The van der Waals surface area contributed by atoms with E-state index in [2.05, 4.69) is 15.5 Å². The molecule has 0 bridgehead atoms. The zero-order valence-electron chi connectivity index (χ0n) is 15.6. The van der Waals surface area contributed by atoms with Crippen molar-refractivity contribution >= 4 is 35.0 Å². The molecule has 0 atom stereocenters. The smallest absolute Gasteiger partial charge is 0.416 e. The highest BCUT2D eigenvalue weighted by Crippen LogP contribution is 2.30. The van der Waals surface area contributed by atoms with Crippen molar-refractivity contribution in [3.63, 3.8) is 0 Å². The van der Waals surface area contributed by atoms with Crippen molar-refractivity contribution in [3.05, 3.63) is 64.9 Å².